The van der Waals surface area contributed by atoms with Crippen LogP contribution in [0.3, 0.4) is 0 Å². The van der Waals surface area contributed by atoms with E-state index in [0.29, 0.717) is 24.3 Å². The molecule has 4 nitrogen and oxygen atoms in total. The van der Waals surface area contributed by atoms with Crippen LogP contribution in [0.5, 0.6) is 11.5 Å². The first-order chi connectivity index (χ1) is 14.8. The number of hydrogen-bond donors (Lipinski definition) is 1. The van der Waals surface area contributed by atoms with Crippen molar-refractivity contribution in [1.29, 1.82) is 0 Å². The van der Waals surface area contributed by atoms with Crippen LogP contribution in [0.25, 0.3) is 0 Å². The summed E-state index contributed by atoms with van der Waals surface area (Å²) in [6.45, 7) is 10.6. The van der Waals surface area contributed by atoms with Crippen molar-refractivity contribution < 1.29 is 19.4 Å². The molecule has 1 aliphatic heterocycles. The standard InChI is InChI=1S/C27H36O4/c1-6-7-8-9-10-11-16-30-26(29)21-12-14-22(15-13-21)27(5)17-23-20(4)24(28)18(2)19(3)25(23)31-27/h12-15,28H,6-11,16-17H2,1-5H3. The number of carbonyl (C=O) groups excluding carboxylic acids is 1. The lowest BCUT2D eigenvalue weighted by molar-refractivity contribution is 0.0497. The van der Waals surface area contributed by atoms with Gasteiger partial charge in [0.25, 0.3) is 0 Å². The van der Waals surface area contributed by atoms with Gasteiger partial charge in [0.1, 0.15) is 17.1 Å². The Morgan fingerprint density at radius 3 is 2.32 bits per heavy atom. The van der Waals surface area contributed by atoms with Crippen LogP contribution in [0.2, 0.25) is 0 Å². The molecule has 0 bridgehead atoms. The molecule has 0 fully saturated rings. The summed E-state index contributed by atoms with van der Waals surface area (Å²) in [7, 11) is 0. The highest BCUT2D eigenvalue weighted by Gasteiger charge is 2.39. The fourth-order valence-electron chi connectivity index (χ4n) is 4.37. The number of phenolic OH excluding ortho intramolecular Hbond substituents is 1. The van der Waals surface area contributed by atoms with E-state index in [2.05, 4.69) is 13.8 Å². The molecule has 0 saturated heterocycles. The maximum atomic E-state index is 12.4. The summed E-state index contributed by atoms with van der Waals surface area (Å²) in [5, 5.41) is 10.4. The van der Waals surface area contributed by atoms with E-state index < -0.39 is 5.60 Å². The fraction of sp³-hybridized carbons (Fsp3) is 0.519. The fourth-order valence-corrected chi connectivity index (χ4v) is 4.37. The lowest BCUT2D eigenvalue weighted by Crippen LogP contribution is -2.27. The molecule has 2 aromatic carbocycles. The average Bonchev–Trinajstić information content (AvgIpc) is 3.14. The topological polar surface area (TPSA) is 55.8 Å². The van der Waals surface area contributed by atoms with Crippen LogP contribution < -0.4 is 4.74 Å². The van der Waals surface area contributed by atoms with Gasteiger partial charge in [-0.2, -0.15) is 0 Å². The Morgan fingerprint density at radius 1 is 1.00 bits per heavy atom. The molecule has 4 heteroatoms. The van der Waals surface area contributed by atoms with Gasteiger partial charge in [0.2, 0.25) is 0 Å². The van der Waals surface area contributed by atoms with E-state index in [9.17, 15) is 9.90 Å². The van der Waals surface area contributed by atoms with Gasteiger partial charge in [-0.3, -0.25) is 0 Å². The molecule has 0 aromatic heterocycles. The van der Waals surface area contributed by atoms with Crippen LogP contribution >= 0.6 is 0 Å². The predicted octanol–water partition coefficient (Wildman–Crippen LogP) is 6.69. The van der Waals surface area contributed by atoms with Crippen molar-refractivity contribution >= 4 is 5.97 Å². The summed E-state index contributed by atoms with van der Waals surface area (Å²) in [6, 6.07) is 7.53. The van der Waals surface area contributed by atoms with Crippen molar-refractivity contribution in [2.75, 3.05) is 6.61 Å². The zero-order chi connectivity index (χ0) is 22.6. The van der Waals surface area contributed by atoms with Crippen LogP contribution in [0.4, 0.5) is 0 Å². The average molecular weight is 425 g/mol. The lowest BCUT2D eigenvalue weighted by Gasteiger charge is -2.25. The lowest BCUT2D eigenvalue weighted by atomic mass is 9.88. The van der Waals surface area contributed by atoms with E-state index >= 15 is 0 Å². The number of carbonyl (C=O) groups is 1. The SMILES string of the molecule is CCCCCCCCOC(=O)c1ccc(C2(C)Cc3c(C)c(O)c(C)c(C)c3O2)cc1. The molecule has 3 rings (SSSR count). The van der Waals surface area contributed by atoms with Gasteiger partial charge < -0.3 is 14.6 Å². The number of ether oxygens (including phenoxy) is 2. The number of hydrogen-bond acceptors (Lipinski definition) is 4. The van der Waals surface area contributed by atoms with Crippen molar-refractivity contribution in [2.24, 2.45) is 0 Å². The summed E-state index contributed by atoms with van der Waals surface area (Å²) in [5.74, 6) is 0.957. The van der Waals surface area contributed by atoms with Crippen LogP contribution in [0.15, 0.2) is 24.3 Å². The number of rotatable bonds is 9. The molecular weight excluding hydrogens is 388 g/mol. The molecule has 1 N–H and O–H groups in total. The smallest absolute Gasteiger partial charge is 0.338 e. The van der Waals surface area contributed by atoms with Gasteiger partial charge in [-0.15, -0.1) is 0 Å². The van der Waals surface area contributed by atoms with Crippen LogP contribution in [-0.4, -0.2) is 17.7 Å². The Morgan fingerprint density at radius 2 is 1.65 bits per heavy atom. The number of esters is 1. The second-order valence-corrected chi connectivity index (χ2v) is 9.02. The zero-order valence-corrected chi connectivity index (χ0v) is 19.6. The van der Waals surface area contributed by atoms with E-state index in [-0.39, 0.29) is 5.97 Å². The van der Waals surface area contributed by atoms with E-state index in [1.165, 1.54) is 25.7 Å². The molecule has 1 atom stereocenters. The highest BCUT2D eigenvalue weighted by molar-refractivity contribution is 5.89. The number of benzene rings is 2. The molecule has 1 unspecified atom stereocenters. The first-order valence-electron chi connectivity index (χ1n) is 11.6. The van der Waals surface area contributed by atoms with Crippen LogP contribution in [0, 0.1) is 20.8 Å². The highest BCUT2D eigenvalue weighted by Crippen LogP contribution is 2.48. The minimum atomic E-state index is -0.529. The minimum absolute atomic E-state index is 0.270. The molecule has 0 amide bonds. The van der Waals surface area contributed by atoms with Gasteiger partial charge >= 0.3 is 5.97 Å². The Balaban J connectivity index is 1.62. The summed E-state index contributed by atoms with van der Waals surface area (Å²) >= 11 is 0. The molecular formula is C27H36O4. The maximum Gasteiger partial charge on any atom is 0.338 e. The van der Waals surface area contributed by atoms with E-state index in [0.717, 1.165) is 46.4 Å². The second-order valence-electron chi connectivity index (χ2n) is 9.02. The van der Waals surface area contributed by atoms with E-state index in [1.807, 2.05) is 45.0 Å². The predicted molar refractivity (Wildman–Crippen MR) is 124 cm³/mol. The quantitative estimate of drug-likeness (QED) is 0.360. The summed E-state index contributed by atoms with van der Waals surface area (Å²) in [5.41, 5.74) is 4.84. The molecule has 0 saturated carbocycles. The second kappa shape index (κ2) is 9.76. The van der Waals surface area contributed by atoms with Crippen LogP contribution in [0.1, 0.15) is 90.5 Å². The van der Waals surface area contributed by atoms with Crippen LogP contribution in [-0.2, 0) is 16.8 Å². The first-order valence-corrected chi connectivity index (χ1v) is 11.6. The third kappa shape index (κ3) is 4.89. The number of unbranched alkanes of at least 4 members (excludes halogenated alkanes) is 5. The van der Waals surface area contributed by atoms with Crippen molar-refractivity contribution in [3.8, 4) is 11.5 Å². The first kappa shape index (κ1) is 23.2. The molecule has 0 spiro atoms. The summed E-state index contributed by atoms with van der Waals surface area (Å²) in [4.78, 5) is 12.4. The normalized spacial score (nSPS) is 17.3. The molecule has 168 valence electrons. The maximum absolute atomic E-state index is 12.4. The molecule has 31 heavy (non-hydrogen) atoms. The third-order valence-electron chi connectivity index (χ3n) is 6.64. The third-order valence-corrected chi connectivity index (χ3v) is 6.64. The Hall–Kier alpha value is -2.49. The largest absolute Gasteiger partial charge is 0.507 e. The minimum Gasteiger partial charge on any atom is -0.507 e. The molecule has 0 radical (unpaired) electrons. The molecule has 1 aliphatic rings. The summed E-state index contributed by atoms with van der Waals surface area (Å²) < 4.78 is 11.9. The van der Waals surface area contributed by atoms with Gasteiger partial charge in [0.15, 0.2) is 0 Å². The van der Waals surface area contributed by atoms with Crippen molar-refractivity contribution in [3.63, 3.8) is 0 Å². The van der Waals surface area contributed by atoms with Gasteiger partial charge in [-0.05, 0) is 68.5 Å². The number of aromatic hydroxyl groups is 1. The van der Waals surface area contributed by atoms with E-state index in [1.54, 1.807) is 0 Å². The Bertz CT molecular complexity index is 890. The highest BCUT2D eigenvalue weighted by atomic mass is 16.5. The monoisotopic (exact) mass is 424 g/mol. The van der Waals surface area contributed by atoms with Gasteiger partial charge in [-0.1, -0.05) is 51.2 Å². The van der Waals surface area contributed by atoms with E-state index in [4.69, 9.17) is 9.47 Å². The van der Waals surface area contributed by atoms with Crippen molar-refractivity contribution in [1.82, 2.24) is 0 Å². The molecule has 1 heterocycles. The summed E-state index contributed by atoms with van der Waals surface area (Å²) in [6.07, 6.45) is 7.69. The Kier molecular flexibility index (Phi) is 7.30. The van der Waals surface area contributed by atoms with Crippen molar-refractivity contribution in [3.05, 3.63) is 57.6 Å². The van der Waals surface area contributed by atoms with Gasteiger partial charge in [0.05, 0.1) is 12.2 Å². The van der Waals surface area contributed by atoms with Crippen molar-refractivity contribution in [2.45, 2.75) is 85.2 Å². The zero-order valence-electron chi connectivity index (χ0n) is 19.6. The number of fused-ring (bicyclic) bond motifs is 1. The molecule has 0 aliphatic carbocycles. The van der Waals surface area contributed by atoms with Gasteiger partial charge in [-0.25, -0.2) is 4.79 Å². The number of phenols is 1. The van der Waals surface area contributed by atoms with Gasteiger partial charge in [0, 0.05) is 12.0 Å². The Labute approximate surface area is 186 Å². The molecule has 2 aromatic rings.